The molecule has 0 fully saturated rings. The molecule has 0 spiro atoms. The molecule has 0 bridgehead atoms. The quantitative estimate of drug-likeness (QED) is 0.350. The van der Waals surface area contributed by atoms with Crippen molar-refractivity contribution >= 4 is 39.1 Å². The Morgan fingerprint density at radius 1 is 1.12 bits per heavy atom. The first-order valence-electron chi connectivity index (χ1n) is 10.1. The van der Waals surface area contributed by atoms with Crippen LogP contribution in [-0.4, -0.2) is 59.9 Å². The molecule has 0 unspecified atom stereocenters. The lowest BCUT2D eigenvalue weighted by Gasteiger charge is -2.20. The summed E-state index contributed by atoms with van der Waals surface area (Å²) in [6.45, 7) is 4.94. The second-order valence-corrected chi connectivity index (χ2v) is 9.18. The van der Waals surface area contributed by atoms with E-state index in [1.165, 1.54) is 34.6 Å². The number of amides is 3. The van der Waals surface area contributed by atoms with Crippen molar-refractivity contribution in [1.29, 1.82) is 0 Å². The fraction of sp³-hybridized carbons (Fsp3) is 0.286. The van der Waals surface area contributed by atoms with E-state index in [-0.39, 0.29) is 34.8 Å². The number of carbonyl (C=O) groups excluding carboxylic acids is 3. The number of hydrogen-bond acceptors (Lipinski definition) is 7. The number of sulfonamides is 1. The van der Waals surface area contributed by atoms with Crippen LogP contribution in [-0.2, 0) is 14.8 Å². The third-order valence-electron chi connectivity index (χ3n) is 5.27. The largest absolute Gasteiger partial charge is 0.324 e. The Labute approximate surface area is 190 Å². The number of fused-ring (bicyclic) bond motifs is 1. The Bertz CT molecular complexity index is 1270. The molecule has 3 rings (SSSR count). The lowest BCUT2D eigenvalue weighted by molar-refractivity contribution is -0.385. The zero-order valence-corrected chi connectivity index (χ0v) is 19.0. The van der Waals surface area contributed by atoms with Crippen molar-refractivity contribution in [3.8, 4) is 0 Å². The number of nitrogens with one attached hydrogen (secondary N) is 1. The number of hydrogen-bond donors (Lipinski definition) is 1. The molecule has 2 aromatic rings. The van der Waals surface area contributed by atoms with Crippen LogP contribution in [0.1, 0.15) is 40.1 Å². The monoisotopic (exact) mass is 474 g/mol. The van der Waals surface area contributed by atoms with Gasteiger partial charge in [0.25, 0.3) is 17.5 Å². The molecule has 11 nitrogen and oxygen atoms in total. The molecule has 0 saturated heterocycles. The molecule has 1 heterocycles. The highest BCUT2D eigenvalue weighted by Crippen LogP contribution is 2.30. The van der Waals surface area contributed by atoms with Crippen molar-refractivity contribution in [3.05, 3.63) is 63.2 Å². The van der Waals surface area contributed by atoms with Gasteiger partial charge in [0.2, 0.25) is 15.9 Å². The number of imide groups is 1. The fourth-order valence-electron chi connectivity index (χ4n) is 3.61. The summed E-state index contributed by atoms with van der Waals surface area (Å²) >= 11 is 0. The van der Waals surface area contributed by atoms with E-state index in [2.05, 4.69) is 5.32 Å². The van der Waals surface area contributed by atoms with Gasteiger partial charge >= 0.3 is 0 Å². The molecule has 1 aliphatic heterocycles. The Morgan fingerprint density at radius 2 is 1.79 bits per heavy atom. The van der Waals surface area contributed by atoms with Gasteiger partial charge in [-0.1, -0.05) is 26.0 Å². The maximum absolute atomic E-state index is 12.9. The van der Waals surface area contributed by atoms with Gasteiger partial charge in [0, 0.05) is 24.8 Å². The number of rotatable bonds is 8. The third kappa shape index (κ3) is 4.34. The molecule has 0 saturated carbocycles. The molecule has 3 amide bonds. The van der Waals surface area contributed by atoms with Crippen molar-refractivity contribution in [2.24, 2.45) is 0 Å². The van der Waals surface area contributed by atoms with Crippen LogP contribution in [0.2, 0.25) is 0 Å². The van der Waals surface area contributed by atoms with E-state index in [0.717, 1.165) is 6.07 Å². The van der Waals surface area contributed by atoms with Gasteiger partial charge < -0.3 is 5.32 Å². The summed E-state index contributed by atoms with van der Waals surface area (Å²) in [5.74, 6) is -2.52. The number of anilines is 1. The maximum Gasteiger partial charge on any atom is 0.282 e. The first kappa shape index (κ1) is 24.0. The summed E-state index contributed by atoms with van der Waals surface area (Å²) in [5, 5.41) is 13.7. The summed E-state index contributed by atoms with van der Waals surface area (Å²) in [5.41, 5.74) is -0.363. The van der Waals surface area contributed by atoms with Crippen molar-refractivity contribution in [3.63, 3.8) is 0 Å². The molecule has 1 N–H and O–H groups in total. The van der Waals surface area contributed by atoms with Crippen LogP contribution >= 0.6 is 0 Å². The minimum atomic E-state index is -3.78. The highest BCUT2D eigenvalue weighted by Gasteiger charge is 2.41. The minimum absolute atomic E-state index is 0.0281. The van der Waals surface area contributed by atoms with E-state index in [4.69, 9.17) is 0 Å². The molecule has 0 radical (unpaired) electrons. The van der Waals surface area contributed by atoms with Crippen LogP contribution in [0.3, 0.4) is 0 Å². The number of benzene rings is 2. The van der Waals surface area contributed by atoms with Crippen molar-refractivity contribution in [2.75, 3.05) is 25.0 Å². The number of nitrogens with zero attached hydrogens (tertiary/aromatic N) is 3. The summed E-state index contributed by atoms with van der Waals surface area (Å²) in [7, 11) is -3.78. The van der Waals surface area contributed by atoms with Crippen LogP contribution in [0, 0.1) is 17.0 Å². The SMILES string of the molecule is CCN(CC)S(=O)(=O)c1cc(NC(=O)CN2C(=O)c3cccc([N+](=O)[O-])c3C2=O)ccc1C. The maximum atomic E-state index is 12.9. The van der Waals surface area contributed by atoms with Gasteiger partial charge in [-0.15, -0.1) is 0 Å². The normalized spacial score (nSPS) is 13.4. The van der Waals surface area contributed by atoms with Gasteiger partial charge in [0.05, 0.1) is 15.4 Å². The van der Waals surface area contributed by atoms with Gasteiger partial charge in [-0.2, -0.15) is 4.31 Å². The first-order chi connectivity index (χ1) is 15.5. The van der Waals surface area contributed by atoms with E-state index in [1.807, 2.05) is 0 Å². The average Bonchev–Trinajstić information content (AvgIpc) is 3.00. The predicted octanol–water partition coefficient (Wildman–Crippen LogP) is 2.17. The van der Waals surface area contributed by atoms with Crippen molar-refractivity contribution < 1.29 is 27.7 Å². The van der Waals surface area contributed by atoms with Crippen LogP contribution in [0.15, 0.2) is 41.3 Å². The molecule has 0 atom stereocenters. The molecular formula is C21H22N4O7S. The summed E-state index contributed by atoms with van der Waals surface area (Å²) in [4.78, 5) is 48.8. The van der Waals surface area contributed by atoms with Crippen molar-refractivity contribution in [1.82, 2.24) is 9.21 Å². The zero-order valence-electron chi connectivity index (χ0n) is 18.2. The van der Waals surface area contributed by atoms with E-state index in [0.29, 0.717) is 10.5 Å². The number of carbonyl (C=O) groups is 3. The first-order valence-corrected chi connectivity index (χ1v) is 11.5. The van der Waals surface area contributed by atoms with Gasteiger partial charge in [-0.3, -0.25) is 29.4 Å². The molecule has 0 aromatic heterocycles. The molecular weight excluding hydrogens is 452 g/mol. The second-order valence-electron chi connectivity index (χ2n) is 7.27. The Morgan fingerprint density at radius 3 is 2.39 bits per heavy atom. The number of aryl methyl sites for hydroxylation is 1. The number of nitro benzene ring substituents is 1. The third-order valence-corrected chi connectivity index (χ3v) is 7.46. The van der Waals surface area contributed by atoms with Gasteiger partial charge in [-0.25, -0.2) is 8.42 Å². The second kappa shape index (κ2) is 9.08. The highest BCUT2D eigenvalue weighted by molar-refractivity contribution is 7.89. The smallest absolute Gasteiger partial charge is 0.282 e. The van der Waals surface area contributed by atoms with Gasteiger partial charge in [-0.05, 0) is 30.7 Å². The zero-order chi connectivity index (χ0) is 24.5. The fourth-order valence-corrected chi connectivity index (χ4v) is 5.32. The van der Waals surface area contributed by atoms with E-state index >= 15 is 0 Å². The summed E-state index contributed by atoms with van der Waals surface area (Å²) < 4.78 is 27.1. The highest BCUT2D eigenvalue weighted by atomic mass is 32.2. The minimum Gasteiger partial charge on any atom is -0.324 e. The van der Waals surface area contributed by atoms with Crippen LogP contribution in [0.4, 0.5) is 11.4 Å². The topological polar surface area (TPSA) is 147 Å². The molecule has 0 aliphatic carbocycles. The Kier molecular flexibility index (Phi) is 6.60. The Balaban J connectivity index is 1.82. The van der Waals surface area contributed by atoms with E-state index in [9.17, 15) is 32.9 Å². The van der Waals surface area contributed by atoms with E-state index in [1.54, 1.807) is 20.8 Å². The van der Waals surface area contributed by atoms with E-state index < -0.39 is 44.9 Å². The average molecular weight is 474 g/mol. The lowest BCUT2D eigenvalue weighted by Crippen LogP contribution is -2.37. The summed E-state index contributed by atoms with van der Waals surface area (Å²) in [6.07, 6.45) is 0. The molecule has 2 aromatic carbocycles. The van der Waals surface area contributed by atoms with Crippen LogP contribution < -0.4 is 5.32 Å². The standard InChI is InChI=1S/C21H22N4O7S/c1-4-23(5-2)33(31,32)17-11-14(10-9-13(17)3)22-18(26)12-24-20(27)15-7-6-8-16(25(29)30)19(15)21(24)28/h6-11H,4-5,12H2,1-3H3,(H,22,26). The van der Waals surface area contributed by atoms with Crippen LogP contribution in [0.5, 0.6) is 0 Å². The molecule has 1 aliphatic rings. The van der Waals surface area contributed by atoms with Crippen LogP contribution in [0.25, 0.3) is 0 Å². The predicted molar refractivity (Wildman–Crippen MR) is 118 cm³/mol. The lowest BCUT2D eigenvalue weighted by atomic mass is 10.1. The summed E-state index contributed by atoms with van der Waals surface area (Å²) in [6, 6.07) is 8.03. The van der Waals surface area contributed by atoms with Crippen molar-refractivity contribution in [2.45, 2.75) is 25.7 Å². The molecule has 174 valence electrons. The molecule has 33 heavy (non-hydrogen) atoms. The van der Waals surface area contributed by atoms with Gasteiger partial charge in [0.15, 0.2) is 0 Å². The Hall–Kier alpha value is -3.64. The molecule has 12 heteroatoms. The number of nitro groups is 1. The van der Waals surface area contributed by atoms with Gasteiger partial charge in [0.1, 0.15) is 12.1 Å².